The predicted octanol–water partition coefficient (Wildman–Crippen LogP) is 2.74. The molecule has 13 heavy (non-hydrogen) atoms. The highest BCUT2D eigenvalue weighted by Gasteiger charge is 1.90. The van der Waals surface area contributed by atoms with Crippen LogP contribution in [0.3, 0.4) is 0 Å². The molecule has 0 aliphatic rings. The zero-order chi connectivity index (χ0) is 9.52. The van der Waals surface area contributed by atoms with Gasteiger partial charge in [-0.25, -0.2) is 0 Å². The lowest BCUT2D eigenvalue weighted by atomic mass is 10.3. The summed E-state index contributed by atoms with van der Waals surface area (Å²) in [6.45, 7) is 2.66. The van der Waals surface area contributed by atoms with Crippen LogP contribution in [0.1, 0.15) is 13.3 Å². The van der Waals surface area contributed by atoms with Crippen molar-refractivity contribution in [1.82, 2.24) is 0 Å². The minimum Gasteiger partial charge on any atom is -0.508 e. The van der Waals surface area contributed by atoms with E-state index in [1.807, 2.05) is 6.08 Å². The van der Waals surface area contributed by atoms with E-state index >= 15 is 0 Å². The van der Waals surface area contributed by atoms with Crippen molar-refractivity contribution in [3.05, 3.63) is 36.4 Å². The molecule has 0 fully saturated rings. The second-order valence-electron chi connectivity index (χ2n) is 2.68. The van der Waals surface area contributed by atoms with E-state index in [0.717, 1.165) is 12.2 Å². The number of allylic oxidation sites excluding steroid dienone is 1. The van der Waals surface area contributed by atoms with Crippen molar-refractivity contribution >= 4 is 0 Å². The highest BCUT2D eigenvalue weighted by atomic mass is 16.5. The van der Waals surface area contributed by atoms with Crippen LogP contribution < -0.4 is 4.74 Å². The fraction of sp³-hybridized carbons (Fsp3) is 0.273. The van der Waals surface area contributed by atoms with Crippen molar-refractivity contribution in [2.24, 2.45) is 0 Å². The normalized spacial score (nSPS) is 10.5. The van der Waals surface area contributed by atoms with Crippen molar-refractivity contribution in [1.29, 1.82) is 0 Å². The Bertz CT molecular complexity index is 262. The van der Waals surface area contributed by atoms with E-state index in [4.69, 9.17) is 9.84 Å². The van der Waals surface area contributed by atoms with Crippen molar-refractivity contribution in [3.63, 3.8) is 0 Å². The lowest BCUT2D eigenvalue weighted by Crippen LogP contribution is -1.92. The Morgan fingerprint density at radius 1 is 1.23 bits per heavy atom. The average Bonchev–Trinajstić information content (AvgIpc) is 2.15. The van der Waals surface area contributed by atoms with Gasteiger partial charge in [0.1, 0.15) is 18.1 Å². The van der Waals surface area contributed by atoms with Crippen LogP contribution in [0.2, 0.25) is 0 Å². The number of aromatic hydroxyl groups is 1. The Kier molecular flexibility index (Phi) is 3.89. The first kappa shape index (κ1) is 9.65. The largest absolute Gasteiger partial charge is 0.508 e. The lowest BCUT2D eigenvalue weighted by molar-refractivity contribution is 0.361. The van der Waals surface area contributed by atoms with Crippen LogP contribution in [0, 0.1) is 0 Å². The van der Waals surface area contributed by atoms with Crippen molar-refractivity contribution in [3.8, 4) is 11.5 Å². The van der Waals surface area contributed by atoms with Gasteiger partial charge in [0.25, 0.3) is 0 Å². The summed E-state index contributed by atoms with van der Waals surface area (Å²) in [5.41, 5.74) is 0. The monoisotopic (exact) mass is 178 g/mol. The molecule has 1 N–H and O–H groups in total. The van der Waals surface area contributed by atoms with Gasteiger partial charge in [-0.05, 0) is 30.7 Å². The third-order valence-corrected chi connectivity index (χ3v) is 1.59. The Morgan fingerprint density at radius 3 is 2.54 bits per heavy atom. The summed E-state index contributed by atoms with van der Waals surface area (Å²) in [5, 5.41) is 9.00. The summed E-state index contributed by atoms with van der Waals surface area (Å²) in [6.07, 6.45) is 5.06. The molecule has 0 radical (unpaired) electrons. The first-order chi connectivity index (χ1) is 6.33. The van der Waals surface area contributed by atoms with E-state index in [1.165, 1.54) is 0 Å². The van der Waals surface area contributed by atoms with Gasteiger partial charge in [0.05, 0.1) is 0 Å². The average molecular weight is 178 g/mol. The van der Waals surface area contributed by atoms with Crippen LogP contribution in [0.15, 0.2) is 36.4 Å². The van der Waals surface area contributed by atoms with Gasteiger partial charge in [-0.3, -0.25) is 0 Å². The third-order valence-electron chi connectivity index (χ3n) is 1.59. The molecule has 2 heteroatoms. The SMILES string of the molecule is CC/C=C/COc1ccc(O)cc1. The van der Waals surface area contributed by atoms with Gasteiger partial charge in [0.15, 0.2) is 0 Å². The number of phenols is 1. The molecule has 2 nitrogen and oxygen atoms in total. The smallest absolute Gasteiger partial charge is 0.120 e. The molecule has 0 aliphatic carbocycles. The van der Waals surface area contributed by atoms with Crippen molar-refractivity contribution in [2.75, 3.05) is 6.61 Å². The highest BCUT2D eigenvalue weighted by Crippen LogP contribution is 2.15. The van der Waals surface area contributed by atoms with Gasteiger partial charge in [-0.1, -0.05) is 19.1 Å². The maximum Gasteiger partial charge on any atom is 0.120 e. The van der Waals surface area contributed by atoms with Gasteiger partial charge < -0.3 is 9.84 Å². The molecular weight excluding hydrogens is 164 g/mol. The fourth-order valence-electron chi connectivity index (χ4n) is 0.921. The molecule has 0 atom stereocenters. The summed E-state index contributed by atoms with van der Waals surface area (Å²) >= 11 is 0. The molecule has 0 heterocycles. The van der Waals surface area contributed by atoms with Gasteiger partial charge >= 0.3 is 0 Å². The first-order valence-electron chi connectivity index (χ1n) is 4.39. The number of hydrogen-bond acceptors (Lipinski definition) is 2. The number of benzene rings is 1. The van der Waals surface area contributed by atoms with Gasteiger partial charge in [0, 0.05) is 0 Å². The molecule has 0 aromatic heterocycles. The lowest BCUT2D eigenvalue weighted by Gasteiger charge is -2.01. The summed E-state index contributed by atoms with van der Waals surface area (Å²) in [7, 11) is 0. The third kappa shape index (κ3) is 3.65. The second kappa shape index (κ2) is 5.25. The minimum atomic E-state index is 0.261. The van der Waals surface area contributed by atoms with Gasteiger partial charge in [-0.15, -0.1) is 0 Å². The molecule has 1 rings (SSSR count). The molecule has 0 spiro atoms. The number of rotatable bonds is 4. The van der Waals surface area contributed by atoms with E-state index in [9.17, 15) is 0 Å². The summed E-state index contributed by atoms with van der Waals surface area (Å²) < 4.78 is 5.37. The minimum absolute atomic E-state index is 0.261. The van der Waals surface area contributed by atoms with Gasteiger partial charge in [0.2, 0.25) is 0 Å². The standard InChI is InChI=1S/C11H14O2/c1-2-3-4-9-13-11-7-5-10(12)6-8-11/h3-8,12H,2,9H2,1H3/b4-3+. The Morgan fingerprint density at radius 2 is 1.92 bits per heavy atom. The second-order valence-corrected chi connectivity index (χ2v) is 2.68. The topological polar surface area (TPSA) is 29.5 Å². The van der Waals surface area contributed by atoms with Crippen LogP contribution in [-0.4, -0.2) is 11.7 Å². The summed E-state index contributed by atoms with van der Waals surface area (Å²) in [5.74, 6) is 1.04. The molecule has 70 valence electrons. The molecule has 0 saturated heterocycles. The van der Waals surface area contributed by atoms with E-state index in [2.05, 4.69) is 13.0 Å². The maximum absolute atomic E-state index is 9.00. The molecular formula is C11H14O2. The molecule has 0 bridgehead atoms. The number of ether oxygens (including phenoxy) is 1. The molecule has 0 unspecified atom stereocenters. The quantitative estimate of drug-likeness (QED) is 0.718. The predicted molar refractivity (Wildman–Crippen MR) is 53.0 cm³/mol. The van der Waals surface area contributed by atoms with Gasteiger partial charge in [-0.2, -0.15) is 0 Å². The summed E-state index contributed by atoms with van der Waals surface area (Å²) in [6, 6.07) is 6.71. The summed E-state index contributed by atoms with van der Waals surface area (Å²) in [4.78, 5) is 0. The zero-order valence-electron chi connectivity index (χ0n) is 7.73. The van der Waals surface area contributed by atoms with E-state index in [0.29, 0.717) is 6.61 Å². The van der Waals surface area contributed by atoms with Crippen LogP contribution in [-0.2, 0) is 0 Å². The zero-order valence-corrected chi connectivity index (χ0v) is 7.73. The van der Waals surface area contributed by atoms with E-state index in [-0.39, 0.29) is 5.75 Å². The van der Waals surface area contributed by atoms with Crippen molar-refractivity contribution in [2.45, 2.75) is 13.3 Å². The molecule has 0 saturated carbocycles. The molecule has 0 aliphatic heterocycles. The van der Waals surface area contributed by atoms with Crippen molar-refractivity contribution < 1.29 is 9.84 Å². The Hall–Kier alpha value is -1.44. The molecule has 1 aromatic rings. The van der Waals surface area contributed by atoms with Crippen LogP contribution in [0.5, 0.6) is 11.5 Å². The number of phenolic OH excluding ortho intramolecular Hbond substituents is 1. The Labute approximate surface area is 78.5 Å². The molecule has 0 amide bonds. The maximum atomic E-state index is 9.00. The van der Waals surface area contributed by atoms with Crippen LogP contribution >= 0.6 is 0 Å². The van der Waals surface area contributed by atoms with E-state index < -0.39 is 0 Å². The highest BCUT2D eigenvalue weighted by molar-refractivity contribution is 5.30. The first-order valence-corrected chi connectivity index (χ1v) is 4.39. The number of hydrogen-bond donors (Lipinski definition) is 1. The molecule has 1 aromatic carbocycles. The van der Waals surface area contributed by atoms with E-state index in [1.54, 1.807) is 24.3 Å². The van der Waals surface area contributed by atoms with Crippen LogP contribution in [0.25, 0.3) is 0 Å². The Balaban J connectivity index is 2.37. The fourth-order valence-corrected chi connectivity index (χ4v) is 0.921. The van der Waals surface area contributed by atoms with Crippen LogP contribution in [0.4, 0.5) is 0 Å².